The van der Waals surface area contributed by atoms with Crippen LogP contribution >= 0.6 is 15.9 Å². The minimum atomic E-state index is 0.731. The summed E-state index contributed by atoms with van der Waals surface area (Å²) in [5.41, 5.74) is 11.6. The number of hydrogen-bond acceptors (Lipinski definition) is 2. The van der Waals surface area contributed by atoms with Crippen LogP contribution < -0.4 is 10.5 Å². The van der Waals surface area contributed by atoms with Gasteiger partial charge in [-0.3, -0.25) is 0 Å². The molecule has 0 amide bonds. The van der Waals surface area contributed by atoms with E-state index in [-0.39, 0.29) is 0 Å². The number of halogens is 1. The number of benzene rings is 2. The van der Waals surface area contributed by atoms with Gasteiger partial charge in [-0.1, -0.05) is 28.1 Å². The number of aromatic amines is 1. The van der Waals surface area contributed by atoms with Gasteiger partial charge in [0, 0.05) is 20.9 Å². The number of ether oxygens (including phenoxy) is 1. The Kier molecular flexibility index (Phi) is 5.27. The number of rotatable bonds is 6. The lowest BCUT2D eigenvalue weighted by Crippen LogP contribution is -1.99. The van der Waals surface area contributed by atoms with Crippen molar-refractivity contribution in [3.8, 4) is 17.0 Å². The Morgan fingerprint density at radius 2 is 2.00 bits per heavy atom. The van der Waals surface area contributed by atoms with Crippen LogP contribution in [0.15, 0.2) is 40.9 Å². The molecule has 0 aliphatic carbocycles. The van der Waals surface area contributed by atoms with E-state index in [9.17, 15) is 0 Å². The molecule has 126 valence electrons. The monoisotopic (exact) mass is 386 g/mol. The van der Waals surface area contributed by atoms with Crippen LogP contribution in [0.25, 0.3) is 22.2 Å². The Labute approximate surface area is 151 Å². The average Bonchev–Trinajstić information content (AvgIpc) is 2.93. The highest BCUT2D eigenvalue weighted by atomic mass is 79.9. The quantitative estimate of drug-likeness (QED) is 0.572. The minimum Gasteiger partial charge on any atom is -0.496 e. The number of methoxy groups -OCH3 is 1. The minimum absolute atomic E-state index is 0.731. The van der Waals surface area contributed by atoms with Crippen molar-refractivity contribution in [2.45, 2.75) is 26.2 Å². The van der Waals surface area contributed by atoms with E-state index in [1.54, 1.807) is 7.11 Å². The summed E-state index contributed by atoms with van der Waals surface area (Å²) in [6.07, 6.45) is 3.11. The van der Waals surface area contributed by atoms with Crippen molar-refractivity contribution in [1.82, 2.24) is 4.98 Å². The van der Waals surface area contributed by atoms with Crippen molar-refractivity contribution in [3.05, 3.63) is 52.0 Å². The lowest BCUT2D eigenvalue weighted by atomic mass is 9.98. The van der Waals surface area contributed by atoms with Crippen molar-refractivity contribution in [1.29, 1.82) is 0 Å². The largest absolute Gasteiger partial charge is 0.496 e. The van der Waals surface area contributed by atoms with Crippen LogP contribution in [0.2, 0.25) is 0 Å². The number of aryl methyl sites for hydroxylation is 2. The smallest absolute Gasteiger partial charge is 0.131 e. The molecule has 0 bridgehead atoms. The first-order valence-corrected chi connectivity index (χ1v) is 9.09. The van der Waals surface area contributed by atoms with Crippen LogP contribution in [0.4, 0.5) is 0 Å². The van der Waals surface area contributed by atoms with E-state index < -0.39 is 0 Å². The van der Waals surface area contributed by atoms with Crippen LogP contribution in [0, 0.1) is 6.92 Å². The van der Waals surface area contributed by atoms with Gasteiger partial charge in [-0.05, 0) is 68.1 Å². The Morgan fingerprint density at radius 1 is 1.17 bits per heavy atom. The number of hydrogen-bond donors (Lipinski definition) is 2. The maximum absolute atomic E-state index is 5.68. The highest BCUT2D eigenvalue weighted by molar-refractivity contribution is 9.10. The van der Waals surface area contributed by atoms with Gasteiger partial charge in [-0.2, -0.15) is 0 Å². The van der Waals surface area contributed by atoms with Gasteiger partial charge in [0.15, 0.2) is 0 Å². The van der Waals surface area contributed by atoms with Gasteiger partial charge < -0.3 is 15.5 Å². The number of H-pyrrole nitrogens is 1. The molecule has 0 spiro atoms. The summed E-state index contributed by atoms with van der Waals surface area (Å²) < 4.78 is 6.78. The molecule has 0 saturated carbocycles. The van der Waals surface area contributed by atoms with Gasteiger partial charge in [0.2, 0.25) is 0 Å². The fourth-order valence-electron chi connectivity index (χ4n) is 3.28. The molecule has 4 heteroatoms. The zero-order chi connectivity index (χ0) is 17.1. The zero-order valence-corrected chi connectivity index (χ0v) is 15.7. The van der Waals surface area contributed by atoms with E-state index in [0.29, 0.717) is 0 Å². The van der Waals surface area contributed by atoms with Gasteiger partial charge in [0.1, 0.15) is 5.75 Å². The number of unbranched alkanes of at least 4 members (excludes halogenated alkanes) is 1. The molecule has 2 aromatic carbocycles. The summed E-state index contributed by atoms with van der Waals surface area (Å²) in [6, 6.07) is 12.7. The first-order chi connectivity index (χ1) is 11.7. The highest BCUT2D eigenvalue weighted by Gasteiger charge is 2.17. The Hall–Kier alpha value is -1.78. The molecule has 3 rings (SSSR count). The van der Waals surface area contributed by atoms with E-state index in [1.807, 2.05) is 0 Å². The molecule has 3 nitrogen and oxygen atoms in total. The second kappa shape index (κ2) is 7.41. The number of nitrogens with one attached hydrogen (secondary N) is 1. The van der Waals surface area contributed by atoms with Gasteiger partial charge in [0.05, 0.1) is 12.8 Å². The van der Waals surface area contributed by atoms with Gasteiger partial charge >= 0.3 is 0 Å². The topological polar surface area (TPSA) is 51.0 Å². The molecule has 0 radical (unpaired) electrons. The SMILES string of the molecule is COc1c(C)cccc1-c1[nH]c2ccc(Br)cc2c1CCCCN. The first-order valence-electron chi connectivity index (χ1n) is 8.30. The predicted octanol–water partition coefficient (Wildman–Crippen LogP) is 5.20. The number of fused-ring (bicyclic) bond motifs is 1. The third-order valence-electron chi connectivity index (χ3n) is 4.43. The molecular weight excluding hydrogens is 364 g/mol. The standard InChI is InChI=1S/C20H23BrN2O/c1-13-6-5-8-16(20(13)24-2)19-15(7-3-4-11-22)17-12-14(21)9-10-18(17)23-19/h5-6,8-10,12,23H,3-4,7,11,22H2,1-2H3. The fraction of sp³-hybridized carbons (Fsp3) is 0.300. The number of nitrogens with two attached hydrogens (primary N) is 1. The fourth-order valence-corrected chi connectivity index (χ4v) is 3.64. The average molecular weight is 387 g/mol. The molecule has 0 aliphatic rings. The molecule has 0 saturated heterocycles. The summed E-state index contributed by atoms with van der Waals surface area (Å²) >= 11 is 3.60. The summed E-state index contributed by atoms with van der Waals surface area (Å²) in [4.78, 5) is 3.60. The predicted molar refractivity (Wildman–Crippen MR) is 105 cm³/mol. The molecule has 0 fully saturated rings. The van der Waals surface area contributed by atoms with Crippen molar-refractivity contribution in [2.24, 2.45) is 5.73 Å². The molecule has 0 aliphatic heterocycles. The zero-order valence-electron chi connectivity index (χ0n) is 14.2. The molecule has 24 heavy (non-hydrogen) atoms. The summed E-state index contributed by atoms with van der Waals surface area (Å²) in [5.74, 6) is 0.934. The van der Waals surface area contributed by atoms with Crippen LogP contribution in [0.3, 0.4) is 0 Å². The second-order valence-electron chi connectivity index (χ2n) is 6.07. The molecule has 3 N–H and O–H groups in total. The molecular formula is C20H23BrN2O. The van der Waals surface area contributed by atoms with Gasteiger partial charge in [0.25, 0.3) is 0 Å². The van der Waals surface area contributed by atoms with E-state index in [1.165, 1.54) is 10.9 Å². The third kappa shape index (κ3) is 3.21. The number of para-hydroxylation sites is 1. The van der Waals surface area contributed by atoms with E-state index >= 15 is 0 Å². The van der Waals surface area contributed by atoms with Crippen molar-refractivity contribution in [3.63, 3.8) is 0 Å². The van der Waals surface area contributed by atoms with Crippen LogP contribution in [-0.4, -0.2) is 18.6 Å². The summed E-state index contributed by atoms with van der Waals surface area (Å²) in [7, 11) is 1.74. The summed E-state index contributed by atoms with van der Waals surface area (Å²) in [5, 5.41) is 1.26. The lowest BCUT2D eigenvalue weighted by Gasteiger charge is -2.12. The molecule has 0 unspecified atom stereocenters. The normalized spacial score (nSPS) is 11.2. The van der Waals surface area contributed by atoms with Crippen molar-refractivity contribution in [2.75, 3.05) is 13.7 Å². The first kappa shape index (κ1) is 17.1. The van der Waals surface area contributed by atoms with Gasteiger partial charge in [-0.25, -0.2) is 0 Å². The maximum Gasteiger partial charge on any atom is 0.131 e. The van der Waals surface area contributed by atoms with Crippen molar-refractivity contribution >= 4 is 26.8 Å². The third-order valence-corrected chi connectivity index (χ3v) is 4.93. The van der Waals surface area contributed by atoms with Crippen LogP contribution in [-0.2, 0) is 6.42 Å². The maximum atomic E-state index is 5.68. The van der Waals surface area contributed by atoms with E-state index in [0.717, 1.165) is 58.4 Å². The molecule has 1 aromatic heterocycles. The summed E-state index contributed by atoms with van der Waals surface area (Å²) in [6.45, 7) is 2.81. The Bertz CT molecular complexity index is 854. The Balaban J connectivity index is 2.19. The lowest BCUT2D eigenvalue weighted by molar-refractivity contribution is 0.413. The van der Waals surface area contributed by atoms with E-state index in [2.05, 4.69) is 64.2 Å². The number of aromatic nitrogens is 1. The van der Waals surface area contributed by atoms with Crippen LogP contribution in [0.1, 0.15) is 24.0 Å². The molecule has 3 aromatic rings. The van der Waals surface area contributed by atoms with Crippen LogP contribution in [0.5, 0.6) is 5.75 Å². The van der Waals surface area contributed by atoms with Crippen molar-refractivity contribution < 1.29 is 4.74 Å². The highest BCUT2D eigenvalue weighted by Crippen LogP contribution is 2.38. The molecule has 0 atom stereocenters. The molecule has 1 heterocycles. The van der Waals surface area contributed by atoms with Gasteiger partial charge in [-0.15, -0.1) is 0 Å². The Morgan fingerprint density at radius 3 is 2.75 bits per heavy atom. The second-order valence-corrected chi connectivity index (χ2v) is 6.99. The van der Waals surface area contributed by atoms with E-state index in [4.69, 9.17) is 10.5 Å².